The second kappa shape index (κ2) is 7.53. The topological polar surface area (TPSA) is 59.2 Å². The minimum Gasteiger partial charge on any atom is -0.339 e. The van der Waals surface area contributed by atoms with Crippen molar-refractivity contribution in [3.05, 3.63) is 70.6 Å². The van der Waals surface area contributed by atoms with Gasteiger partial charge in [-0.2, -0.15) is 4.98 Å². The molecule has 3 aromatic rings. The summed E-state index contributed by atoms with van der Waals surface area (Å²) in [6, 6.07) is 15.2. The van der Waals surface area contributed by atoms with E-state index in [2.05, 4.69) is 10.1 Å². The summed E-state index contributed by atoms with van der Waals surface area (Å²) in [4.78, 5) is 19.1. The molecule has 1 aromatic heterocycles. The molecule has 1 fully saturated rings. The molecule has 0 bridgehead atoms. The first-order valence-corrected chi connectivity index (χ1v) is 9.44. The van der Waals surface area contributed by atoms with Crippen molar-refractivity contribution in [1.29, 1.82) is 0 Å². The first-order chi connectivity index (χ1) is 13.1. The van der Waals surface area contributed by atoms with Gasteiger partial charge in [0, 0.05) is 24.6 Å². The molecule has 4 rings (SSSR count). The minimum atomic E-state index is -0.0231. The van der Waals surface area contributed by atoms with Crippen molar-refractivity contribution < 1.29 is 9.32 Å². The van der Waals surface area contributed by atoms with Gasteiger partial charge in [-0.15, -0.1) is 0 Å². The highest BCUT2D eigenvalue weighted by Crippen LogP contribution is 2.30. The third-order valence-corrected chi connectivity index (χ3v) is 5.28. The highest BCUT2D eigenvalue weighted by Gasteiger charge is 2.28. The summed E-state index contributed by atoms with van der Waals surface area (Å²) in [6.45, 7) is 3.34. The SMILES string of the molecule is Cc1cccc(-c2noc(C3CCN(C(=O)c4ccccc4Cl)CC3)n2)c1. The van der Waals surface area contributed by atoms with Crippen molar-refractivity contribution in [1.82, 2.24) is 15.0 Å². The molecule has 6 heteroatoms. The zero-order chi connectivity index (χ0) is 18.8. The van der Waals surface area contributed by atoms with E-state index in [-0.39, 0.29) is 11.8 Å². The molecular weight excluding hydrogens is 362 g/mol. The largest absolute Gasteiger partial charge is 0.339 e. The van der Waals surface area contributed by atoms with E-state index in [4.69, 9.17) is 16.1 Å². The molecule has 1 saturated heterocycles. The molecule has 2 aromatic carbocycles. The van der Waals surface area contributed by atoms with Crippen LogP contribution in [0.3, 0.4) is 0 Å². The molecule has 5 nitrogen and oxygen atoms in total. The van der Waals surface area contributed by atoms with Crippen LogP contribution in [0.5, 0.6) is 0 Å². The number of carbonyl (C=O) groups is 1. The van der Waals surface area contributed by atoms with E-state index < -0.39 is 0 Å². The zero-order valence-corrected chi connectivity index (χ0v) is 15.8. The lowest BCUT2D eigenvalue weighted by Gasteiger charge is -2.30. The van der Waals surface area contributed by atoms with Gasteiger partial charge in [-0.25, -0.2) is 0 Å². The van der Waals surface area contributed by atoms with E-state index in [1.165, 1.54) is 0 Å². The Morgan fingerprint density at radius 2 is 1.93 bits per heavy atom. The Labute approximate surface area is 163 Å². The molecular formula is C21H20ClN3O2. The zero-order valence-electron chi connectivity index (χ0n) is 15.1. The summed E-state index contributed by atoms with van der Waals surface area (Å²) in [5.41, 5.74) is 2.67. The van der Waals surface area contributed by atoms with Crippen LogP contribution >= 0.6 is 11.6 Å². The highest BCUT2D eigenvalue weighted by atomic mass is 35.5. The van der Waals surface area contributed by atoms with E-state index in [9.17, 15) is 4.79 Å². The van der Waals surface area contributed by atoms with Crippen LogP contribution in [0.15, 0.2) is 53.1 Å². The van der Waals surface area contributed by atoms with Crippen LogP contribution in [0.4, 0.5) is 0 Å². The number of amides is 1. The van der Waals surface area contributed by atoms with Gasteiger partial charge < -0.3 is 9.42 Å². The summed E-state index contributed by atoms with van der Waals surface area (Å²) in [7, 11) is 0. The molecule has 0 spiro atoms. The third kappa shape index (κ3) is 3.74. The monoisotopic (exact) mass is 381 g/mol. The summed E-state index contributed by atoms with van der Waals surface area (Å²) >= 11 is 6.15. The van der Waals surface area contributed by atoms with Crippen molar-refractivity contribution >= 4 is 17.5 Å². The molecule has 0 N–H and O–H groups in total. The van der Waals surface area contributed by atoms with Crippen molar-refractivity contribution in [2.24, 2.45) is 0 Å². The van der Waals surface area contributed by atoms with E-state index in [0.29, 0.717) is 35.4 Å². The van der Waals surface area contributed by atoms with E-state index in [1.807, 2.05) is 48.2 Å². The standard InChI is InChI=1S/C21H20ClN3O2/c1-14-5-4-6-16(13-14)19-23-20(27-24-19)15-9-11-25(12-10-15)21(26)17-7-2-3-8-18(17)22/h2-8,13,15H,9-12H2,1H3. The first-order valence-electron chi connectivity index (χ1n) is 9.06. The smallest absolute Gasteiger partial charge is 0.255 e. The summed E-state index contributed by atoms with van der Waals surface area (Å²) in [5.74, 6) is 1.41. The Bertz CT molecular complexity index is 961. The maximum absolute atomic E-state index is 12.7. The average molecular weight is 382 g/mol. The normalized spacial score (nSPS) is 15.1. The number of aromatic nitrogens is 2. The van der Waals surface area contributed by atoms with Crippen LogP contribution in [0, 0.1) is 6.92 Å². The predicted octanol–water partition coefficient (Wildman–Crippen LogP) is 4.72. The van der Waals surface area contributed by atoms with Crippen LogP contribution in [0.25, 0.3) is 11.4 Å². The van der Waals surface area contributed by atoms with Crippen molar-refractivity contribution in [2.45, 2.75) is 25.7 Å². The summed E-state index contributed by atoms with van der Waals surface area (Å²) in [6.07, 6.45) is 1.59. The van der Waals surface area contributed by atoms with Crippen LogP contribution in [-0.4, -0.2) is 34.0 Å². The van der Waals surface area contributed by atoms with Crippen LogP contribution < -0.4 is 0 Å². The molecule has 1 amide bonds. The number of benzene rings is 2. The molecule has 27 heavy (non-hydrogen) atoms. The van der Waals surface area contributed by atoms with E-state index >= 15 is 0 Å². The lowest BCUT2D eigenvalue weighted by atomic mass is 9.96. The number of rotatable bonds is 3. The third-order valence-electron chi connectivity index (χ3n) is 4.95. The van der Waals surface area contributed by atoms with Gasteiger partial charge in [-0.1, -0.05) is 52.7 Å². The van der Waals surface area contributed by atoms with Gasteiger partial charge in [0.05, 0.1) is 10.6 Å². The number of hydrogen-bond donors (Lipinski definition) is 0. The predicted molar refractivity (Wildman–Crippen MR) is 104 cm³/mol. The Balaban J connectivity index is 1.43. The molecule has 0 radical (unpaired) electrons. The molecule has 2 heterocycles. The lowest BCUT2D eigenvalue weighted by molar-refractivity contribution is 0.0704. The van der Waals surface area contributed by atoms with Crippen molar-refractivity contribution in [3.63, 3.8) is 0 Å². The second-order valence-corrected chi connectivity index (χ2v) is 7.28. The van der Waals surface area contributed by atoms with Gasteiger partial charge in [0.15, 0.2) is 0 Å². The van der Waals surface area contributed by atoms with Crippen LogP contribution in [0.2, 0.25) is 5.02 Å². The number of nitrogens with zero attached hydrogens (tertiary/aromatic N) is 3. The summed E-state index contributed by atoms with van der Waals surface area (Å²) in [5, 5.41) is 4.62. The Kier molecular flexibility index (Phi) is 4.94. The first kappa shape index (κ1) is 17.7. The number of hydrogen-bond acceptors (Lipinski definition) is 4. The quantitative estimate of drug-likeness (QED) is 0.658. The molecule has 0 aliphatic carbocycles. The number of piperidine rings is 1. The molecule has 0 unspecified atom stereocenters. The van der Waals surface area contributed by atoms with Gasteiger partial charge >= 0.3 is 0 Å². The van der Waals surface area contributed by atoms with Gasteiger partial charge in [0.2, 0.25) is 11.7 Å². The van der Waals surface area contributed by atoms with Gasteiger partial charge in [0.25, 0.3) is 5.91 Å². The fourth-order valence-electron chi connectivity index (χ4n) is 3.44. The van der Waals surface area contributed by atoms with Gasteiger partial charge in [-0.05, 0) is 38.0 Å². The molecule has 138 valence electrons. The fraction of sp³-hybridized carbons (Fsp3) is 0.286. The number of halogens is 1. The molecule has 1 aliphatic heterocycles. The van der Waals surface area contributed by atoms with Crippen LogP contribution in [0.1, 0.15) is 40.6 Å². The maximum atomic E-state index is 12.7. The van der Waals surface area contributed by atoms with E-state index in [1.54, 1.807) is 12.1 Å². The van der Waals surface area contributed by atoms with Gasteiger partial charge in [-0.3, -0.25) is 4.79 Å². The molecule has 1 aliphatic rings. The Morgan fingerprint density at radius 3 is 2.67 bits per heavy atom. The Morgan fingerprint density at radius 1 is 1.15 bits per heavy atom. The van der Waals surface area contributed by atoms with Crippen LogP contribution in [-0.2, 0) is 0 Å². The molecule has 0 saturated carbocycles. The summed E-state index contributed by atoms with van der Waals surface area (Å²) < 4.78 is 5.51. The number of carbonyl (C=O) groups excluding carboxylic acids is 1. The van der Waals surface area contributed by atoms with Crippen molar-refractivity contribution in [3.8, 4) is 11.4 Å². The highest BCUT2D eigenvalue weighted by molar-refractivity contribution is 6.33. The minimum absolute atomic E-state index is 0.0231. The average Bonchev–Trinajstić information content (AvgIpc) is 3.18. The van der Waals surface area contributed by atoms with Crippen molar-refractivity contribution in [2.75, 3.05) is 13.1 Å². The molecule has 0 atom stereocenters. The lowest BCUT2D eigenvalue weighted by Crippen LogP contribution is -2.38. The van der Waals surface area contributed by atoms with E-state index in [0.717, 1.165) is 24.0 Å². The fourth-order valence-corrected chi connectivity index (χ4v) is 3.65. The Hall–Kier alpha value is -2.66. The maximum Gasteiger partial charge on any atom is 0.255 e. The second-order valence-electron chi connectivity index (χ2n) is 6.87. The van der Waals surface area contributed by atoms with Gasteiger partial charge in [0.1, 0.15) is 0 Å². The number of likely N-dealkylation sites (tertiary alicyclic amines) is 1. The number of aryl methyl sites for hydroxylation is 1.